The van der Waals surface area contributed by atoms with Gasteiger partial charge in [-0.2, -0.15) is 0 Å². The Morgan fingerprint density at radius 3 is 2.00 bits per heavy atom. The lowest BCUT2D eigenvalue weighted by molar-refractivity contribution is -0.137. The van der Waals surface area contributed by atoms with Gasteiger partial charge in [-0.1, -0.05) is 55.6 Å². The molecule has 0 N–H and O–H groups in total. The second-order valence-corrected chi connectivity index (χ2v) is 5.29. The number of thiol groups is 1. The monoisotopic (exact) mass is 310 g/mol. The van der Waals surface area contributed by atoms with Crippen molar-refractivity contribution in [2.75, 3.05) is 0 Å². The molecule has 1 aromatic rings. The van der Waals surface area contributed by atoms with Crippen LogP contribution in [0.3, 0.4) is 0 Å². The van der Waals surface area contributed by atoms with Crippen LogP contribution in [0.2, 0.25) is 0 Å². The fourth-order valence-electron chi connectivity index (χ4n) is 1.22. The van der Waals surface area contributed by atoms with Gasteiger partial charge in [0.2, 0.25) is 0 Å². The summed E-state index contributed by atoms with van der Waals surface area (Å²) in [6, 6.07) is 9.17. The number of carbonyl (C=O) groups is 3. The summed E-state index contributed by atoms with van der Waals surface area (Å²) < 4.78 is 9.81. The lowest BCUT2D eigenvalue weighted by Crippen LogP contribution is -2.12. The molecule has 0 heterocycles. The zero-order valence-electron chi connectivity index (χ0n) is 11.9. The maximum Gasteiger partial charge on any atom is 0.329 e. The number of benzene rings is 1. The third-order valence-corrected chi connectivity index (χ3v) is 3.59. The van der Waals surface area contributed by atoms with Crippen LogP contribution in [0.1, 0.15) is 32.3 Å². The quantitative estimate of drug-likeness (QED) is 0.684. The van der Waals surface area contributed by atoms with Crippen LogP contribution in [0.25, 0.3) is 6.08 Å². The van der Waals surface area contributed by atoms with Crippen molar-refractivity contribution in [1.82, 2.24) is 0 Å². The third kappa shape index (κ3) is 6.27. The lowest BCUT2D eigenvalue weighted by atomic mass is 10.2. The van der Waals surface area contributed by atoms with Gasteiger partial charge < -0.3 is 8.37 Å². The van der Waals surface area contributed by atoms with Crippen molar-refractivity contribution in [3.8, 4) is 0 Å². The van der Waals surface area contributed by atoms with Gasteiger partial charge in [0, 0.05) is 18.9 Å². The van der Waals surface area contributed by atoms with Crippen LogP contribution < -0.4 is 0 Å². The van der Waals surface area contributed by atoms with Crippen molar-refractivity contribution >= 4 is 34.6 Å². The smallest absolute Gasteiger partial charge is 0.329 e. The molecular formula is C15H18O5S. The van der Waals surface area contributed by atoms with E-state index < -0.39 is 28.5 Å². The Morgan fingerprint density at radius 2 is 1.52 bits per heavy atom. The first kappa shape index (κ1) is 17.0. The van der Waals surface area contributed by atoms with Gasteiger partial charge in [-0.3, -0.25) is 14.4 Å². The Labute approximate surface area is 126 Å². The van der Waals surface area contributed by atoms with Crippen molar-refractivity contribution in [2.45, 2.75) is 26.7 Å². The maximum atomic E-state index is 12.0. The largest absolute Gasteiger partial charge is 0.339 e. The molecule has 0 saturated heterocycles. The molecule has 0 unspecified atom stereocenters. The van der Waals surface area contributed by atoms with Crippen molar-refractivity contribution < 1.29 is 22.7 Å². The van der Waals surface area contributed by atoms with E-state index in [-0.39, 0.29) is 12.8 Å². The van der Waals surface area contributed by atoms with Crippen molar-refractivity contribution in [1.29, 1.82) is 0 Å². The molecule has 0 bridgehead atoms. The van der Waals surface area contributed by atoms with Crippen LogP contribution in [-0.4, -0.2) is 17.1 Å². The summed E-state index contributed by atoms with van der Waals surface area (Å²) in [5.41, 5.74) is 0.824. The predicted octanol–water partition coefficient (Wildman–Crippen LogP) is 2.96. The molecule has 1 aromatic carbocycles. The zero-order chi connectivity index (χ0) is 15.7. The minimum absolute atomic E-state index is 0.109. The SMILES string of the molecule is CCC(=O)O[SH](OC(=O)CC)C(=O)/C=C/c1ccccc1. The molecule has 114 valence electrons. The van der Waals surface area contributed by atoms with E-state index >= 15 is 0 Å². The number of rotatable bonds is 4. The highest BCUT2D eigenvalue weighted by Crippen LogP contribution is 2.31. The number of hydrogen-bond donors (Lipinski definition) is 1. The maximum absolute atomic E-state index is 12.0. The molecule has 0 radical (unpaired) electrons. The molecule has 1 rings (SSSR count). The van der Waals surface area contributed by atoms with Crippen LogP contribution in [0.5, 0.6) is 0 Å². The zero-order valence-corrected chi connectivity index (χ0v) is 12.8. The molecule has 0 saturated carbocycles. The molecule has 0 aliphatic heterocycles. The predicted molar refractivity (Wildman–Crippen MR) is 82.2 cm³/mol. The van der Waals surface area contributed by atoms with Gasteiger partial charge >= 0.3 is 11.9 Å². The van der Waals surface area contributed by atoms with E-state index in [9.17, 15) is 14.4 Å². The van der Waals surface area contributed by atoms with Gasteiger partial charge in [0.1, 0.15) is 0 Å². The van der Waals surface area contributed by atoms with E-state index in [1.165, 1.54) is 6.08 Å². The van der Waals surface area contributed by atoms with E-state index in [1.54, 1.807) is 19.9 Å². The van der Waals surface area contributed by atoms with Gasteiger partial charge in [-0.05, 0) is 11.6 Å². The van der Waals surface area contributed by atoms with E-state index in [0.29, 0.717) is 0 Å². The topological polar surface area (TPSA) is 69.7 Å². The summed E-state index contributed by atoms with van der Waals surface area (Å²) in [4.78, 5) is 34.6. The summed E-state index contributed by atoms with van der Waals surface area (Å²) >= 11 is -2.23. The van der Waals surface area contributed by atoms with Crippen LogP contribution in [-0.2, 0) is 22.7 Å². The highest BCUT2D eigenvalue weighted by Gasteiger charge is 2.17. The van der Waals surface area contributed by atoms with Gasteiger partial charge in [0.15, 0.2) is 0 Å². The summed E-state index contributed by atoms with van der Waals surface area (Å²) in [5.74, 6) is -1.15. The first-order chi connectivity index (χ1) is 10.1. The Balaban J connectivity index is 2.76. The molecule has 6 heteroatoms. The van der Waals surface area contributed by atoms with E-state index in [2.05, 4.69) is 0 Å². The standard InChI is InChI=1S/C15H18O5S/c1-3-13(16)19-21(20-14(17)4-2)15(18)11-10-12-8-6-5-7-9-12/h5-11,21H,3-4H2,1-2H3/b11-10+. The van der Waals surface area contributed by atoms with E-state index in [0.717, 1.165) is 5.56 Å². The van der Waals surface area contributed by atoms with Crippen molar-refractivity contribution in [2.24, 2.45) is 0 Å². The molecule has 0 fully saturated rings. The van der Waals surface area contributed by atoms with Gasteiger partial charge in [-0.25, -0.2) is 0 Å². The van der Waals surface area contributed by atoms with Gasteiger partial charge in [0.05, 0.1) is 0 Å². The molecule has 0 spiro atoms. The normalized spacial score (nSPS) is 11.0. The Bertz CT molecular complexity index is 506. The summed E-state index contributed by atoms with van der Waals surface area (Å²) in [7, 11) is 0. The molecule has 0 aliphatic carbocycles. The third-order valence-electron chi connectivity index (χ3n) is 2.34. The van der Waals surface area contributed by atoms with Crippen LogP contribution >= 0.6 is 11.5 Å². The molecule has 21 heavy (non-hydrogen) atoms. The molecule has 0 aromatic heterocycles. The fourth-order valence-corrected chi connectivity index (χ4v) is 2.26. The van der Waals surface area contributed by atoms with Gasteiger partial charge in [0.25, 0.3) is 5.12 Å². The minimum atomic E-state index is -2.23. The average Bonchev–Trinajstić information content (AvgIpc) is 2.52. The molecule has 0 atom stereocenters. The van der Waals surface area contributed by atoms with E-state index in [4.69, 9.17) is 8.37 Å². The average molecular weight is 310 g/mol. The Kier molecular flexibility index (Phi) is 7.25. The summed E-state index contributed by atoms with van der Waals surface area (Å²) in [5, 5.41) is -0.530. The highest BCUT2D eigenvalue weighted by molar-refractivity contribution is 8.23. The van der Waals surface area contributed by atoms with Crippen molar-refractivity contribution in [3.63, 3.8) is 0 Å². The fraction of sp³-hybridized carbons (Fsp3) is 0.267. The molecule has 0 aliphatic rings. The first-order valence-electron chi connectivity index (χ1n) is 6.55. The Morgan fingerprint density at radius 1 is 1.00 bits per heavy atom. The number of hydrogen-bond acceptors (Lipinski definition) is 5. The Hall–Kier alpha value is -2.08. The number of carbonyl (C=O) groups excluding carboxylic acids is 3. The molecular weight excluding hydrogens is 292 g/mol. The van der Waals surface area contributed by atoms with Crippen LogP contribution in [0.4, 0.5) is 0 Å². The summed E-state index contributed by atoms with van der Waals surface area (Å²) in [6.07, 6.45) is 3.06. The van der Waals surface area contributed by atoms with Gasteiger partial charge in [-0.15, -0.1) is 0 Å². The lowest BCUT2D eigenvalue weighted by Gasteiger charge is -2.20. The van der Waals surface area contributed by atoms with E-state index in [1.807, 2.05) is 30.3 Å². The molecule has 0 amide bonds. The highest BCUT2D eigenvalue weighted by atomic mass is 32.2. The minimum Gasteiger partial charge on any atom is -0.339 e. The van der Waals surface area contributed by atoms with Crippen LogP contribution in [0, 0.1) is 0 Å². The first-order valence-corrected chi connectivity index (χ1v) is 7.73. The second-order valence-electron chi connectivity index (χ2n) is 3.97. The summed E-state index contributed by atoms with van der Waals surface area (Å²) in [6.45, 7) is 3.20. The second kappa shape index (κ2) is 8.97. The van der Waals surface area contributed by atoms with Crippen molar-refractivity contribution in [3.05, 3.63) is 42.0 Å². The van der Waals surface area contributed by atoms with Crippen LogP contribution in [0.15, 0.2) is 36.4 Å². The molecule has 5 nitrogen and oxygen atoms in total.